The third-order valence-electron chi connectivity index (χ3n) is 3.92. The Morgan fingerprint density at radius 2 is 1.79 bits per heavy atom. The summed E-state index contributed by atoms with van der Waals surface area (Å²) < 4.78 is 10.7. The van der Waals surface area contributed by atoms with Crippen molar-refractivity contribution in [3.8, 4) is 5.75 Å². The number of amides is 1. The van der Waals surface area contributed by atoms with Gasteiger partial charge >= 0.3 is 5.97 Å². The summed E-state index contributed by atoms with van der Waals surface area (Å²) in [6.45, 7) is 4.90. The molecule has 1 atom stereocenters. The highest BCUT2D eigenvalue weighted by Gasteiger charge is 2.30. The Labute approximate surface area is 151 Å². The predicted octanol–water partition coefficient (Wildman–Crippen LogP) is 3.56. The molecule has 132 valence electrons. The number of benzene rings is 1. The molecule has 0 aliphatic carbocycles. The van der Waals surface area contributed by atoms with E-state index in [9.17, 15) is 9.59 Å². The number of piperidine rings is 1. The molecule has 2 rings (SSSR count). The van der Waals surface area contributed by atoms with Crippen LogP contribution in [0.25, 0.3) is 0 Å². The van der Waals surface area contributed by atoms with Crippen molar-refractivity contribution < 1.29 is 19.1 Å². The molecule has 0 spiro atoms. The summed E-state index contributed by atoms with van der Waals surface area (Å²) >= 11 is 11.9. The number of hydrogen-bond acceptors (Lipinski definition) is 4. The number of rotatable bonds is 5. The molecular weight excluding hydrogens is 353 g/mol. The normalized spacial score (nSPS) is 16.6. The van der Waals surface area contributed by atoms with Crippen LogP contribution in [0.1, 0.15) is 26.7 Å². The number of hydrogen-bond donors (Lipinski definition) is 0. The van der Waals surface area contributed by atoms with Gasteiger partial charge in [0.05, 0.1) is 12.5 Å². The molecule has 0 aromatic heterocycles. The molecule has 5 nitrogen and oxygen atoms in total. The van der Waals surface area contributed by atoms with Crippen LogP contribution in [0.5, 0.6) is 5.75 Å². The van der Waals surface area contributed by atoms with E-state index in [0.717, 1.165) is 0 Å². The highest BCUT2D eigenvalue weighted by atomic mass is 35.5. The van der Waals surface area contributed by atoms with E-state index in [1.54, 1.807) is 36.9 Å². The van der Waals surface area contributed by atoms with Gasteiger partial charge in [-0.25, -0.2) is 0 Å². The third-order valence-corrected chi connectivity index (χ3v) is 4.36. The van der Waals surface area contributed by atoms with Crippen molar-refractivity contribution in [2.24, 2.45) is 5.92 Å². The highest BCUT2D eigenvalue weighted by Crippen LogP contribution is 2.26. The van der Waals surface area contributed by atoms with Crippen LogP contribution in [0.2, 0.25) is 10.0 Å². The van der Waals surface area contributed by atoms with Gasteiger partial charge in [0.25, 0.3) is 5.91 Å². The van der Waals surface area contributed by atoms with E-state index in [0.29, 0.717) is 48.3 Å². The standard InChI is InChI=1S/C17H21Cl2NO4/c1-3-23-17(22)12-4-6-20(7-5-12)16(21)11(2)24-15-9-13(18)8-14(19)10-15/h8-12H,3-7H2,1-2H3. The highest BCUT2D eigenvalue weighted by molar-refractivity contribution is 6.34. The Hall–Kier alpha value is -1.46. The van der Waals surface area contributed by atoms with Crippen LogP contribution in [0.4, 0.5) is 0 Å². The second-order valence-electron chi connectivity index (χ2n) is 5.72. The molecule has 1 aliphatic heterocycles. The van der Waals surface area contributed by atoms with Crippen molar-refractivity contribution in [3.05, 3.63) is 28.2 Å². The summed E-state index contributed by atoms with van der Waals surface area (Å²) in [5, 5.41) is 0.903. The fraction of sp³-hybridized carbons (Fsp3) is 0.529. The predicted molar refractivity (Wildman–Crippen MR) is 92.5 cm³/mol. The molecule has 1 fully saturated rings. The van der Waals surface area contributed by atoms with E-state index in [2.05, 4.69) is 0 Å². The number of ether oxygens (including phenoxy) is 2. The van der Waals surface area contributed by atoms with E-state index < -0.39 is 6.10 Å². The monoisotopic (exact) mass is 373 g/mol. The first-order chi connectivity index (χ1) is 11.4. The Kier molecular flexibility index (Phi) is 6.75. The summed E-state index contributed by atoms with van der Waals surface area (Å²) in [4.78, 5) is 25.9. The lowest BCUT2D eigenvalue weighted by molar-refractivity contribution is -0.152. The Morgan fingerprint density at radius 1 is 1.21 bits per heavy atom. The van der Waals surface area contributed by atoms with Gasteiger partial charge in [0.1, 0.15) is 5.75 Å². The first-order valence-corrected chi connectivity index (χ1v) is 8.74. The minimum Gasteiger partial charge on any atom is -0.481 e. The fourth-order valence-electron chi connectivity index (χ4n) is 2.70. The molecule has 0 N–H and O–H groups in total. The van der Waals surface area contributed by atoms with E-state index >= 15 is 0 Å². The molecule has 1 unspecified atom stereocenters. The summed E-state index contributed by atoms with van der Waals surface area (Å²) in [5.74, 6) is 0.0302. The van der Waals surface area contributed by atoms with E-state index in [4.69, 9.17) is 32.7 Å². The topological polar surface area (TPSA) is 55.8 Å². The van der Waals surface area contributed by atoms with Gasteiger partial charge in [0.2, 0.25) is 0 Å². The number of carbonyl (C=O) groups excluding carboxylic acids is 2. The molecule has 7 heteroatoms. The maximum absolute atomic E-state index is 12.5. The van der Waals surface area contributed by atoms with Crippen LogP contribution in [0, 0.1) is 5.92 Å². The van der Waals surface area contributed by atoms with Crippen molar-refractivity contribution in [1.29, 1.82) is 0 Å². The molecule has 1 aromatic carbocycles. The van der Waals surface area contributed by atoms with Gasteiger partial charge in [-0.15, -0.1) is 0 Å². The lowest BCUT2D eigenvalue weighted by atomic mass is 9.97. The minimum absolute atomic E-state index is 0.117. The zero-order valence-electron chi connectivity index (χ0n) is 13.8. The van der Waals surface area contributed by atoms with Crippen molar-refractivity contribution in [2.75, 3.05) is 19.7 Å². The van der Waals surface area contributed by atoms with Gasteiger partial charge in [-0.3, -0.25) is 9.59 Å². The van der Waals surface area contributed by atoms with Gasteiger partial charge < -0.3 is 14.4 Å². The summed E-state index contributed by atoms with van der Waals surface area (Å²) in [5.41, 5.74) is 0. The van der Waals surface area contributed by atoms with Crippen molar-refractivity contribution in [1.82, 2.24) is 4.90 Å². The molecular formula is C17H21Cl2NO4. The number of likely N-dealkylation sites (tertiary alicyclic amines) is 1. The first-order valence-electron chi connectivity index (χ1n) is 7.99. The van der Waals surface area contributed by atoms with Crippen LogP contribution < -0.4 is 4.74 Å². The lowest BCUT2D eigenvalue weighted by Gasteiger charge is -2.32. The van der Waals surface area contributed by atoms with Gasteiger partial charge in [-0.1, -0.05) is 23.2 Å². The molecule has 0 radical (unpaired) electrons. The number of halogens is 2. The quantitative estimate of drug-likeness (QED) is 0.740. The first kappa shape index (κ1) is 18.9. The Balaban J connectivity index is 1.89. The molecule has 24 heavy (non-hydrogen) atoms. The number of nitrogens with zero attached hydrogens (tertiary/aromatic N) is 1. The van der Waals surface area contributed by atoms with Crippen LogP contribution in [0.3, 0.4) is 0 Å². The van der Waals surface area contributed by atoms with E-state index in [1.165, 1.54) is 0 Å². The zero-order chi connectivity index (χ0) is 17.7. The SMILES string of the molecule is CCOC(=O)C1CCN(C(=O)C(C)Oc2cc(Cl)cc(Cl)c2)CC1. The van der Waals surface area contributed by atoms with E-state index in [-0.39, 0.29) is 17.8 Å². The average molecular weight is 374 g/mol. The van der Waals surface area contributed by atoms with Crippen LogP contribution in [-0.4, -0.2) is 42.6 Å². The fourth-order valence-corrected chi connectivity index (χ4v) is 3.21. The van der Waals surface area contributed by atoms with E-state index in [1.807, 2.05) is 0 Å². The molecule has 0 saturated carbocycles. The maximum atomic E-state index is 12.5. The Morgan fingerprint density at radius 3 is 2.33 bits per heavy atom. The van der Waals surface area contributed by atoms with Gasteiger partial charge in [0.15, 0.2) is 6.10 Å². The van der Waals surface area contributed by atoms with Crippen molar-refractivity contribution >= 4 is 35.1 Å². The van der Waals surface area contributed by atoms with Crippen molar-refractivity contribution in [2.45, 2.75) is 32.8 Å². The third kappa shape index (κ3) is 5.02. The number of carbonyl (C=O) groups is 2. The minimum atomic E-state index is -0.654. The number of esters is 1. The molecule has 1 heterocycles. The largest absolute Gasteiger partial charge is 0.481 e. The summed E-state index contributed by atoms with van der Waals surface area (Å²) in [6, 6.07) is 4.83. The molecule has 1 saturated heterocycles. The zero-order valence-corrected chi connectivity index (χ0v) is 15.3. The summed E-state index contributed by atoms with van der Waals surface area (Å²) in [7, 11) is 0. The van der Waals surface area contributed by atoms with Crippen LogP contribution in [-0.2, 0) is 14.3 Å². The average Bonchev–Trinajstić information content (AvgIpc) is 2.53. The maximum Gasteiger partial charge on any atom is 0.309 e. The molecule has 1 amide bonds. The van der Waals surface area contributed by atoms with Crippen LogP contribution in [0.15, 0.2) is 18.2 Å². The van der Waals surface area contributed by atoms with Crippen molar-refractivity contribution in [3.63, 3.8) is 0 Å². The smallest absolute Gasteiger partial charge is 0.309 e. The molecule has 1 aliphatic rings. The van der Waals surface area contributed by atoms with Gasteiger partial charge in [-0.2, -0.15) is 0 Å². The second-order valence-corrected chi connectivity index (χ2v) is 6.59. The van der Waals surface area contributed by atoms with Gasteiger partial charge in [-0.05, 0) is 44.9 Å². The van der Waals surface area contributed by atoms with Crippen LogP contribution >= 0.6 is 23.2 Å². The second kappa shape index (κ2) is 8.58. The molecule has 0 bridgehead atoms. The summed E-state index contributed by atoms with van der Waals surface area (Å²) in [6.07, 6.45) is 0.569. The Bertz CT molecular complexity index is 580. The lowest BCUT2D eigenvalue weighted by Crippen LogP contribution is -2.45. The molecule has 1 aromatic rings. The van der Waals surface area contributed by atoms with Gasteiger partial charge in [0, 0.05) is 23.1 Å².